The van der Waals surface area contributed by atoms with Gasteiger partial charge in [-0.15, -0.1) is 0 Å². The van der Waals surface area contributed by atoms with Crippen molar-refractivity contribution >= 4 is 11.3 Å². The fraction of sp³-hybridized carbons (Fsp3) is 0.333. The summed E-state index contributed by atoms with van der Waals surface area (Å²) in [5.74, 6) is 0.359. The Bertz CT molecular complexity index is 467. The summed E-state index contributed by atoms with van der Waals surface area (Å²) in [6.45, 7) is 0.951. The Balaban J connectivity index is 2.01. The molecular formula is C15H18FNS. The zero-order valence-corrected chi connectivity index (χ0v) is 11.3. The van der Waals surface area contributed by atoms with Crippen molar-refractivity contribution in [3.63, 3.8) is 0 Å². The molecular weight excluding hydrogens is 245 g/mol. The second-order valence-corrected chi connectivity index (χ2v) is 5.37. The average molecular weight is 263 g/mol. The first-order chi connectivity index (χ1) is 8.78. The van der Waals surface area contributed by atoms with Crippen molar-refractivity contribution in [1.29, 1.82) is 0 Å². The van der Waals surface area contributed by atoms with Gasteiger partial charge in [-0.2, -0.15) is 11.3 Å². The average Bonchev–Trinajstić information content (AvgIpc) is 2.82. The lowest BCUT2D eigenvalue weighted by Crippen LogP contribution is -2.22. The third-order valence-corrected chi connectivity index (χ3v) is 3.74. The summed E-state index contributed by atoms with van der Waals surface area (Å²) < 4.78 is 13.2. The Hall–Kier alpha value is -1.19. The quantitative estimate of drug-likeness (QED) is 0.841. The maximum absolute atomic E-state index is 13.2. The third kappa shape index (κ3) is 3.93. The number of thiophene rings is 1. The number of halogens is 1. The lowest BCUT2D eigenvalue weighted by molar-refractivity contribution is 0.492. The molecule has 0 radical (unpaired) electrons. The monoisotopic (exact) mass is 263 g/mol. The van der Waals surface area contributed by atoms with E-state index >= 15 is 0 Å². The van der Waals surface area contributed by atoms with E-state index in [-0.39, 0.29) is 5.82 Å². The molecule has 1 aromatic carbocycles. The van der Waals surface area contributed by atoms with Crippen LogP contribution in [0.5, 0.6) is 0 Å². The van der Waals surface area contributed by atoms with Crippen LogP contribution in [0.4, 0.5) is 4.39 Å². The van der Waals surface area contributed by atoms with E-state index in [9.17, 15) is 4.39 Å². The highest BCUT2D eigenvalue weighted by Crippen LogP contribution is 2.17. The van der Waals surface area contributed by atoms with Crippen LogP contribution < -0.4 is 5.32 Å². The summed E-state index contributed by atoms with van der Waals surface area (Å²) in [6, 6.07) is 9.08. The van der Waals surface area contributed by atoms with Gasteiger partial charge in [0.1, 0.15) is 5.82 Å². The van der Waals surface area contributed by atoms with Crippen LogP contribution in [0, 0.1) is 11.7 Å². The van der Waals surface area contributed by atoms with Crippen LogP contribution in [0.3, 0.4) is 0 Å². The predicted octanol–water partition coefficient (Wildman–Crippen LogP) is 3.51. The SMILES string of the molecule is CNCC(Cc1ccsc1)Cc1cccc(F)c1. The summed E-state index contributed by atoms with van der Waals surface area (Å²) in [5, 5.41) is 7.52. The van der Waals surface area contributed by atoms with Crippen LogP contribution in [-0.2, 0) is 12.8 Å². The molecule has 0 aliphatic heterocycles. The van der Waals surface area contributed by atoms with Gasteiger partial charge in [-0.05, 0) is 72.4 Å². The Labute approximate surface area is 112 Å². The van der Waals surface area contributed by atoms with Gasteiger partial charge in [0.25, 0.3) is 0 Å². The number of benzene rings is 1. The minimum atomic E-state index is -0.147. The molecule has 2 aromatic rings. The molecule has 0 fully saturated rings. The Kier molecular flexibility index (Phi) is 4.90. The highest BCUT2D eigenvalue weighted by atomic mass is 32.1. The molecule has 1 atom stereocenters. The van der Waals surface area contributed by atoms with E-state index in [1.54, 1.807) is 23.5 Å². The Morgan fingerprint density at radius 2 is 2.06 bits per heavy atom. The molecule has 96 valence electrons. The van der Waals surface area contributed by atoms with Crippen LogP contribution in [0.25, 0.3) is 0 Å². The summed E-state index contributed by atoms with van der Waals surface area (Å²) in [7, 11) is 1.96. The largest absolute Gasteiger partial charge is 0.319 e. The first-order valence-electron chi connectivity index (χ1n) is 6.18. The van der Waals surface area contributed by atoms with Crippen molar-refractivity contribution in [2.24, 2.45) is 5.92 Å². The van der Waals surface area contributed by atoms with Crippen LogP contribution >= 0.6 is 11.3 Å². The second kappa shape index (κ2) is 6.66. The van der Waals surface area contributed by atoms with Gasteiger partial charge in [0.2, 0.25) is 0 Å². The van der Waals surface area contributed by atoms with E-state index in [1.807, 2.05) is 13.1 Å². The van der Waals surface area contributed by atoms with E-state index in [0.29, 0.717) is 5.92 Å². The van der Waals surface area contributed by atoms with E-state index < -0.39 is 0 Å². The minimum absolute atomic E-state index is 0.147. The molecule has 0 spiro atoms. The number of nitrogens with one attached hydrogen (secondary N) is 1. The molecule has 0 saturated carbocycles. The van der Waals surface area contributed by atoms with Crippen LogP contribution in [0.15, 0.2) is 41.1 Å². The lowest BCUT2D eigenvalue weighted by atomic mass is 9.93. The molecule has 0 saturated heterocycles. The highest BCUT2D eigenvalue weighted by molar-refractivity contribution is 7.07. The zero-order chi connectivity index (χ0) is 12.8. The third-order valence-electron chi connectivity index (χ3n) is 3.01. The van der Waals surface area contributed by atoms with Crippen molar-refractivity contribution in [3.05, 3.63) is 58.0 Å². The molecule has 1 unspecified atom stereocenters. The summed E-state index contributed by atoms with van der Waals surface area (Å²) in [5.41, 5.74) is 2.45. The van der Waals surface area contributed by atoms with Crippen molar-refractivity contribution in [2.45, 2.75) is 12.8 Å². The van der Waals surface area contributed by atoms with Gasteiger partial charge in [0.15, 0.2) is 0 Å². The summed E-state index contributed by atoms with van der Waals surface area (Å²) in [4.78, 5) is 0. The van der Waals surface area contributed by atoms with Gasteiger partial charge in [-0.3, -0.25) is 0 Å². The fourth-order valence-electron chi connectivity index (χ4n) is 2.24. The number of rotatable bonds is 6. The van der Waals surface area contributed by atoms with Gasteiger partial charge in [0, 0.05) is 0 Å². The first kappa shape index (κ1) is 13.2. The molecule has 0 aliphatic carbocycles. The van der Waals surface area contributed by atoms with Crippen molar-refractivity contribution in [2.75, 3.05) is 13.6 Å². The van der Waals surface area contributed by atoms with Crippen LogP contribution in [0.1, 0.15) is 11.1 Å². The second-order valence-electron chi connectivity index (χ2n) is 4.59. The fourth-order valence-corrected chi connectivity index (χ4v) is 2.93. The van der Waals surface area contributed by atoms with Gasteiger partial charge in [-0.25, -0.2) is 4.39 Å². The number of hydrogen-bond donors (Lipinski definition) is 1. The van der Waals surface area contributed by atoms with Crippen LogP contribution in [-0.4, -0.2) is 13.6 Å². The zero-order valence-electron chi connectivity index (χ0n) is 10.5. The summed E-state index contributed by atoms with van der Waals surface area (Å²) in [6.07, 6.45) is 1.95. The Morgan fingerprint density at radius 3 is 2.72 bits per heavy atom. The van der Waals surface area contributed by atoms with Crippen molar-refractivity contribution in [3.8, 4) is 0 Å². The molecule has 0 aliphatic rings. The van der Waals surface area contributed by atoms with E-state index in [2.05, 4.69) is 22.1 Å². The maximum Gasteiger partial charge on any atom is 0.123 e. The molecule has 1 aromatic heterocycles. The van der Waals surface area contributed by atoms with Gasteiger partial charge >= 0.3 is 0 Å². The van der Waals surface area contributed by atoms with Gasteiger partial charge in [0.05, 0.1) is 0 Å². The summed E-state index contributed by atoms with van der Waals surface area (Å²) >= 11 is 1.73. The van der Waals surface area contributed by atoms with Gasteiger partial charge < -0.3 is 5.32 Å². The highest BCUT2D eigenvalue weighted by Gasteiger charge is 2.10. The maximum atomic E-state index is 13.2. The van der Waals surface area contributed by atoms with Crippen molar-refractivity contribution < 1.29 is 4.39 Å². The molecule has 1 nitrogen and oxygen atoms in total. The molecule has 3 heteroatoms. The normalized spacial score (nSPS) is 12.6. The molecule has 0 amide bonds. The van der Waals surface area contributed by atoms with Crippen LogP contribution in [0.2, 0.25) is 0 Å². The van der Waals surface area contributed by atoms with E-state index in [1.165, 1.54) is 11.6 Å². The van der Waals surface area contributed by atoms with Gasteiger partial charge in [-0.1, -0.05) is 12.1 Å². The van der Waals surface area contributed by atoms with E-state index in [4.69, 9.17) is 0 Å². The molecule has 18 heavy (non-hydrogen) atoms. The topological polar surface area (TPSA) is 12.0 Å². The lowest BCUT2D eigenvalue weighted by Gasteiger charge is -2.16. The molecule has 2 rings (SSSR count). The molecule has 0 bridgehead atoms. The number of hydrogen-bond acceptors (Lipinski definition) is 2. The minimum Gasteiger partial charge on any atom is -0.319 e. The predicted molar refractivity (Wildman–Crippen MR) is 75.5 cm³/mol. The Morgan fingerprint density at radius 1 is 1.22 bits per heavy atom. The van der Waals surface area contributed by atoms with Crippen molar-refractivity contribution in [1.82, 2.24) is 5.32 Å². The first-order valence-corrected chi connectivity index (χ1v) is 7.12. The molecule has 1 heterocycles. The van der Waals surface area contributed by atoms with E-state index in [0.717, 1.165) is 24.9 Å². The molecule has 1 N–H and O–H groups in total. The standard InChI is InChI=1S/C15H18FNS/c1-17-10-14(8-13-5-6-18-11-13)7-12-3-2-4-15(16)9-12/h2-6,9,11,14,17H,7-8,10H2,1H3. The smallest absolute Gasteiger partial charge is 0.123 e.